The number of carbonyl (C=O) groups is 2. The summed E-state index contributed by atoms with van der Waals surface area (Å²) in [6.45, 7) is 1.78. The lowest BCUT2D eigenvalue weighted by Gasteiger charge is -2.17. The molecule has 1 amide bonds. The monoisotopic (exact) mass is 271 g/mol. The lowest BCUT2D eigenvalue weighted by molar-refractivity contribution is -0.150. The minimum atomic E-state index is -2.28. The first-order valence-corrected chi connectivity index (χ1v) is 6.48. The molecule has 1 N–H and O–H groups in total. The Morgan fingerprint density at radius 3 is 2.78 bits per heavy atom. The molecule has 2 rings (SSSR count). The number of likely N-dealkylation sites (tertiary alicyclic amines) is 1. The van der Waals surface area contributed by atoms with Gasteiger partial charge in [0.05, 0.1) is 13.0 Å². The minimum absolute atomic E-state index is 0.127. The lowest BCUT2D eigenvalue weighted by atomic mass is 10.1. The number of hydrogen-bond acceptors (Lipinski definition) is 3. The van der Waals surface area contributed by atoms with Gasteiger partial charge in [0, 0.05) is 22.7 Å². The first-order chi connectivity index (χ1) is 8.40. The summed E-state index contributed by atoms with van der Waals surface area (Å²) in [4.78, 5) is 26.0. The highest BCUT2D eigenvalue weighted by Crippen LogP contribution is 2.27. The van der Waals surface area contributed by atoms with E-state index in [4.69, 9.17) is 5.11 Å². The van der Waals surface area contributed by atoms with Gasteiger partial charge in [-0.15, -0.1) is 11.3 Å². The molecule has 6 heteroatoms. The fourth-order valence-electron chi connectivity index (χ4n) is 2.00. The molecule has 0 saturated carbocycles. The molecule has 2 heterocycles. The number of thiophene rings is 1. The quantitative estimate of drug-likeness (QED) is 0.909. The van der Waals surface area contributed by atoms with Crippen molar-refractivity contribution in [2.45, 2.75) is 25.4 Å². The molecule has 0 radical (unpaired) electrons. The van der Waals surface area contributed by atoms with Gasteiger partial charge in [0.15, 0.2) is 0 Å². The van der Waals surface area contributed by atoms with Gasteiger partial charge in [0.25, 0.3) is 0 Å². The van der Waals surface area contributed by atoms with Gasteiger partial charge in [0.2, 0.25) is 11.6 Å². The van der Waals surface area contributed by atoms with Crippen molar-refractivity contribution < 1.29 is 19.1 Å². The zero-order chi connectivity index (χ0) is 13.3. The SMILES string of the molecule is Cc1ccc(CC(=O)N2CCC(F)(C(=O)O)C2)s1. The Morgan fingerprint density at radius 2 is 2.28 bits per heavy atom. The number of halogens is 1. The highest BCUT2D eigenvalue weighted by atomic mass is 32.1. The van der Waals surface area contributed by atoms with Gasteiger partial charge in [-0.25, -0.2) is 9.18 Å². The van der Waals surface area contributed by atoms with Crippen LogP contribution in [0.1, 0.15) is 16.2 Å². The molecule has 1 atom stereocenters. The van der Waals surface area contributed by atoms with Gasteiger partial charge in [-0.05, 0) is 19.1 Å². The zero-order valence-corrected chi connectivity index (χ0v) is 10.8. The largest absolute Gasteiger partial charge is 0.479 e. The van der Waals surface area contributed by atoms with Gasteiger partial charge in [0.1, 0.15) is 0 Å². The number of carbonyl (C=O) groups excluding carboxylic acids is 1. The summed E-state index contributed by atoms with van der Waals surface area (Å²) in [5.74, 6) is -1.69. The van der Waals surface area contributed by atoms with Crippen LogP contribution in [0.3, 0.4) is 0 Å². The molecule has 1 aromatic heterocycles. The smallest absolute Gasteiger partial charge is 0.343 e. The number of aryl methyl sites for hydroxylation is 1. The topological polar surface area (TPSA) is 57.6 Å². The Hall–Kier alpha value is -1.43. The number of hydrogen-bond donors (Lipinski definition) is 1. The summed E-state index contributed by atoms with van der Waals surface area (Å²) >= 11 is 1.52. The third-order valence-electron chi connectivity index (χ3n) is 3.08. The van der Waals surface area contributed by atoms with Crippen LogP contribution in [0, 0.1) is 6.92 Å². The van der Waals surface area contributed by atoms with E-state index < -0.39 is 11.6 Å². The Morgan fingerprint density at radius 1 is 1.56 bits per heavy atom. The maximum absolute atomic E-state index is 13.8. The summed E-state index contributed by atoms with van der Waals surface area (Å²) in [6.07, 6.45) is 0.0890. The first kappa shape index (κ1) is 13.0. The van der Waals surface area contributed by atoms with Gasteiger partial charge < -0.3 is 10.0 Å². The molecule has 1 aliphatic rings. The summed E-state index contributed by atoms with van der Waals surface area (Å²) in [7, 11) is 0. The standard InChI is InChI=1S/C12H14FNO3S/c1-8-2-3-9(18-8)6-10(15)14-5-4-12(13,7-14)11(16)17/h2-3H,4-7H2,1H3,(H,16,17). The second-order valence-electron chi connectivity index (χ2n) is 4.52. The number of carboxylic acids is 1. The van der Waals surface area contributed by atoms with Crippen LogP contribution in [-0.2, 0) is 16.0 Å². The van der Waals surface area contributed by atoms with E-state index in [1.807, 2.05) is 19.1 Å². The molecular weight excluding hydrogens is 257 g/mol. The van der Waals surface area contributed by atoms with Gasteiger partial charge >= 0.3 is 5.97 Å². The van der Waals surface area contributed by atoms with Crippen LogP contribution in [-0.4, -0.2) is 40.6 Å². The number of amides is 1. The van der Waals surface area contributed by atoms with Crippen LogP contribution in [0.2, 0.25) is 0 Å². The number of nitrogens with zero attached hydrogens (tertiary/aromatic N) is 1. The van der Waals surface area contributed by atoms with Crippen molar-refractivity contribution in [2.75, 3.05) is 13.1 Å². The average molecular weight is 271 g/mol. The van der Waals surface area contributed by atoms with Gasteiger partial charge in [-0.2, -0.15) is 0 Å². The van der Waals surface area contributed by atoms with E-state index in [1.165, 1.54) is 16.2 Å². The first-order valence-electron chi connectivity index (χ1n) is 5.66. The zero-order valence-electron chi connectivity index (χ0n) is 9.98. The molecule has 18 heavy (non-hydrogen) atoms. The van der Waals surface area contributed by atoms with Crippen molar-refractivity contribution in [3.05, 3.63) is 21.9 Å². The fourth-order valence-corrected chi connectivity index (χ4v) is 2.88. The van der Waals surface area contributed by atoms with E-state index in [2.05, 4.69) is 0 Å². The Balaban J connectivity index is 1.98. The number of alkyl halides is 1. The normalized spacial score (nSPS) is 23.3. The number of carboxylic acid groups (broad SMARTS) is 1. The molecule has 1 unspecified atom stereocenters. The molecule has 1 saturated heterocycles. The van der Waals surface area contributed by atoms with E-state index in [0.29, 0.717) is 0 Å². The summed E-state index contributed by atoms with van der Waals surface area (Å²) in [5, 5.41) is 8.75. The highest BCUT2D eigenvalue weighted by molar-refractivity contribution is 7.12. The third kappa shape index (κ3) is 2.53. The van der Waals surface area contributed by atoms with Crippen molar-refractivity contribution >= 4 is 23.2 Å². The fraction of sp³-hybridized carbons (Fsp3) is 0.500. The molecule has 0 bridgehead atoms. The van der Waals surface area contributed by atoms with Gasteiger partial charge in [-0.1, -0.05) is 0 Å². The molecule has 4 nitrogen and oxygen atoms in total. The van der Waals surface area contributed by atoms with Crippen LogP contribution in [0.5, 0.6) is 0 Å². The molecule has 0 aromatic carbocycles. The van der Waals surface area contributed by atoms with E-state index in [9.17, 15) is 14.0 Å². The second kappa shape index (κ2) is 4.68. The molecule has 0 spiro atoms. The lowest BCUT2D eigenvalue weighted by Crippen LogP contribution is -2.39. The molecule has 1 aromatic rings. The molecular formula is C12H14FNO3S. The molecule has 0 aliphatic carbocycles. The van der Waals surface area contributed by atoms with Crippen molar-refractivity contribution in [1.82, 2.24) is 4.90 Å². The van der Waals surface area contributed by atoms with Crippen molar-refractivity contribution in [2.24, 2.45) is 0 Å². The highest BCUT2D eigenvalue weighted by Gasteiger charge is 2.46. The summed E-state index contributed by atoms with van der Waals surface area (Å²) in [6, 6.07) is 3.79. The second-order valence-corrected chi connectivity index (χ2v) is 5.90. The Bertz CT molecular complexity index is 487. The van der Waals surface area contributed by atoms with E-state index in [-0.39, 0.29) is 31.8 Å². The maximum Gasteiger partial charge on any atom is 0.343 e. The van der Waals surface area contributed by atoms with Crippen LogP contribution >= 0.6 is 11.3 Å². The summed E-state index contributed by atoms with van der Waals surface area (Å²) in [5.41, 5.74) is -2.28. The molecule has 1 fully saturated rings. The third-order valence-corrected chi connectivity index (χ3v) is 4.08. The van der Waals surface area contributed by atoms with E-state index in [1.54, 1.807) is 0 Å². The minimum Gasteiger partial charge on any atom is -0.479 e. The van der Waals surface area contributed by atoms with Crippen LogP contribution in [0.4, 0.5) is 4.39 Å². The van der Waals surface area contributed by atoms with Crippen LogP contribution in [0.15, 0.2) is 12.1 Å². The van der Waals surface area contributed by atoms with Crippen LogP contribution in [0.25, 0.3) is 0 Å². The molecule has 98 valence electrons. The van der Waals surface area contributed by atoms with Crippen molar-refractivity contribution in [3.63, 3.8) is 0 Å². The predicted octanol–water partition coefficient (Wildman–Crippen LogP) is 1.62. The predicted molar refractivity (Wildman–Crippen MR) is 65.4 cm³/mol. The van der Waals surface area contributed by atoms with Crippen molar-refractivity contribution in [1.29, 1.82) is 0 Å². The van der Waals surface area contributed by atoms with Crippen molar-refractivity contribution in [3.8, 4) is 0 Å². The summed E-state index contributed by atoms with van der Waals surface area (Å²) < 4.78 is 13.8. The number of rotatable bonds is 3. The Kier molecular flexibility index (Phi) is 3.38. The number of aliphatic carboxylic acids is 1. The van der Waals surface area contributed by atoms with E-state index >= 15 is 0 Å². The van der Waals surface area contributed by atoms with Crippen LogP contribution < -0.4 is 0 Å². The average Bonchev–Trinajstić information content (AvgIpc) is 2.86. The Labute approximate surface area is 108 Å². The van der Waals surface area contributed by atoms with Gasteiger partial charge in [-0.3, -0.25) is 4.79 Å². The maximum atomic E-state index is 13.8. The van der Waals surface area contributed by atoms with E-state index in [0.717, 1.165) is 9.75 Å². The molecule has 1 aliphatic heterocycles.